The molecule has 2 aliphatic carbocycles. The van der Waals surface area contributed by atoms with E-state index in [4.69, 9.17) is 9.47 Å². The molecule has 0 amide bonds. The first-order valence-corrected chi connectivity index (χ1v) is 9.82. The number of hydrogen-bond acceptors (Lipinski definition) is 4. The average Bonchev–Trinajstić information content (AvgIpc) is 3.44. The molecule has 0 radical (unpaired) electrons. The molecule has 0 aromatic heterocycles. The molecule has 2 saturated carbocycles. The second-order valence-electron chi connectivity index (χ2n) is 8.06. The molecule has 2 fully saturated rings. The highest BCUT2D eigenvalue weighted by atomic mass is 16.6. The van der Waals surface area contributed by atoms with Crippen LogP contribution < -0.4 is 0 Å². The molecule has 0 bridgehead atoms. The summed E-state index contributed by atoms with van der Waals surface area (Å²) >= 11 is 0. The Morgan fingerprint density at radius 3 is 2.50 bits per heavy atom. The van der Waals surface area contributed by atoms with Gasteiger partial charge in [0.05, 0.1) is 6.10 Å². The Hall–Kier alpha value is -1.81. The third-order valence-electron chi connectivity index (χ3n) is 6.28. The van der Waals surface area contributed by atoms with E-state index in [0.29, 0.717) is 24.3 Å². The smallest absolute Gasteiger partial charge is 0.343 e. The Morgan fingerprint density at radius 1 is 1.23 bits per heavy atom. The molecular formula is C22H28O4. The predicted octanol–water partition coefficient (Wildman–Crippen LogP) is 4.59. The number of ether oxygens (including phenoxy) is 2. The molecule has 4 nitrogen and oxygen atoms in total. The van der Waals surface area contributed by atoms with Crippen molar-refractivity contribution in [3.8, 4) is 0 Å². The zero-order valence-corrected chi connectivity index (χ0v) is 15.9. The molecule has 4 rings (SSSR count). The zero-order valence-electron chi connectivity index (χ0n) is 15.9. The van der Waals surface area contributed by atoms with Crippen molar-refractivity contribution in [3.63, 3.8) is 0 Å². The molecule has 1 aromatic carbocycles. The summed E-state index contributed by atoms with van der Waals surface area (Å²) < 4.78 is 11.3. The van der Waals surface area contributed by atoms with E-state index in [1.807, 2.05) is 0 Å². The van der Waals surface area contributed by atoms with E-state index in [2.05, 4.69) is 26.0 Å². The molecule has 1 N–H and O–H groups in total. The van der Waals surface area contributed by atoms with E-state index in [9.17, 15) is 9.90 Å². The minimum absolute atomic E-state index is 0.150. The highest BCUT2D eigenvalue weighted by Crippen LogP contribution is 2.50. The maximum atomic E-state index is 12.9. The molecular weight excluding hydrogens is 328 g/mol. The van der Waals surface area contributed by atoms with E-state index in [-0.39, 0.29) is 17.8 Å². The number of aliphatic hydroxyl groups is 1. The van der Waals surface area contributed by atoms with Gasteiger partial charge in [-0.15, -0.1) is 0 Å². The first-order chi connectivity index (χ1) is 12.5. The van der Waals surface area contributed by atoms with Crippen molar-refractivity contribution in [2.45, 2.75) is 76.4 Å². The lowest BCUT2D eigenvalue weighted by atomic mass is 9.80. The largest absolute Gasteiger partial charge is 0.507 e. The summed E-state index contributed by atoms with van der Waals surface area (Å²) in [6, 6.07) is 4.33. The van der Waals surface area contributed by atoms with Crippen LogP contribution in [0.5, 0.6) is 0 Å². The maximum Gasteiger partial charge on any atom is 0.343 e. The monoisotopic (exact) mass is 356 g/mol. The van der Waals surface area contributed by atoms with Gasteiger partial charge < -0.3 is 14.6 Å². The molecule has 4 heteroatoms. The van der Waals surface area contributed by atoms with Crippen LogP contribution in [-0.4, -0.2) is 29.9 Å². The summed E-state index contributed by atoms with van der Waals surface area (Å²) in [7, 11) is 1.71. The number of benzene rings is 1. The van der Waals surface area contributed by atoms with Gasteiger partial charge in [0, 0.05) is 7.11 Å². The van der Waals surface area contributed by atoms with Crippen LogP contribution in [-0.2, 0) is 20.7 Å². The van der Waals surface area contributed by atoms with Gasteiger partial charge in [0.1, 0.15) is 5.57 Å². The molecule has 1 heterocycles. The van der Waals surface area contributed by atoms with Gasteiger partial charge in [-0.05, 0) is 74.5 Å². The van der Waals surface area contributed by atoms with Gasteiger partial charge in [0.25, 0.3) is 0 Å². The van der Waals surface area contributed by atoms with Crippen LogP contribution in [0.3, 0.4) is 0 Å². The fourth-order valence-corrected chi connectivity index (χ4v) is 4.65. The van der Waals surface area contributed by atoms with Crippen LogP contribution in [0.2, 0.25) is 0 Å². The maximum absolute atomic E-state index is 12.9. The van der Waals surface area contributed by atoms with E-state index < -0.39 is 5.60 Å². The Labute approximate surface area is 155 Å². The highest BCUT2D eigenvalue weighted by molar-refractivity contribution is 6.20. The minimum Gasteiger partial charge on any atom is -0.507 e. The van der Waals surface area contributed by atoms with Gasteiger partial charge in [-0.3, -0.25) is 0 Å². The van der Waals surface area contributed by atoms with Crippen LogP contribution in [0.4, 0.5) is 0 Å². The van der Waals surface area contributed by atoms with Crippen molar-refractivity contribution in [1.29, 1.82) is 0 Å². The Bertz CT molecular complexity index is 765. The fourth-order valence-electron chi connectivity index (χ4n) is 4.65. The van der Waals surface area contributed by atoms with Crippen LogP contribution in [0.15, 0.2) is 17.9 Å². The molecule has 1 spiro atoms. The molecule has 0 unspecified atom stereocenters. The number of carbonyl (C=O) groups is 1. The first kappa shape index (κ1) is 17.6. The third kappa shape index (κ3) is 2.75. The quantitative estimate of drug-likeness (QED) is 0.802. The van der Waals surface area contributed by atoms with Crippen molar-refractivity contribution in [1.82, 2.24) is 0 Å². The number of rotatable bonds is 4. The third-order valence-corrected chi connectivity index (χ3v) is 6.28. The average molecular weight is 356 g/mol. The molecule has 26 heavy (non-hydrogen) atoms. The van der Waals surface area contributed by atoms with Gasteiger partial charge in [-0.25, -0.2) is 4.79 Å². The van der Waals surface area contributed by atoms with Crippen LogP contribution in [0.25, 0.3) is 5.57 Å². The van der Waals surface area contributed by atoms with Crippen molar-refractivity contribution < 1.29 is 19.4 Å². The van der Waals surface area contributed by atoms with Gasteiger partial charge >= 0.3 is 5.97 Å². The van der Waals surface area contributed by atoms with Gasteiger partial charge in [0.2, 0.25) is 0 Å². The van der Waals surface area contributed by atoms with Crippen LogP contribution in [0.1, 0.15) is 73.6 Å². The molecule has 140 valence electrons. The number of carbonyl (C=O) groups excluding carboxylic acids is 1. The standard InChI is InChI=1S/C22H28O4/c1-4-14-11-13(2)12-17(15-5-6-15)18(14)19-20(23)22(26-21(19)24)9-7-16(25-3)8-10-22/h11-12,15-16,23H,4-10H2,1-3H3/t16-,22+. The Kier molecular flexibility index (Phi) is 4.34. The Balaban J connectivity index is 1.81. The van der Waals surface area contributed by atoms with Gasteiger partial charge in [-0.2, -0.15) is 0 Å². The second-order valence-corrected chi connectivity index (χ2v) is 8.06. The summed E-state index contributed by atoms with van der Waals surface area (Å²) in [5.41, 5.74) is 4.07. The van der Waals surface area contributed by atoms with Crippen molar-refractivity contribution in [2.75, 3.05) is 7.11 Å². The number of aliphatic hydroxyl groups excluding tert-OH is 1. The highest BCUT2D eigenvalue weighted by Gasteiger charge is 2.51. The topological polar surface area (TPSA) is 55.8 Å². The molecule has 1 aromatic rings. The molecule has 1 aliphatic heterocycles. The zero-order chi connectivity index (χ0) is 18.5. The predicted molar refractivity (Wildman–Crippen MR) is 100 cm³/mol. The number of hydrogen-bond donors (Lipinski definition) is 1. The number of aryl methyl sites for hydroxylation is 2. The van der Waals surface area contributed by atoms with E-state index in [1.54, 1.807) is 7.11 Å². The summed E-state index contributed by atoms with van der Waals surface area (Å²) in [4.78, 5) is 12.9. The minimum atomic E-state index is -0.849. The number of esters is 1. The van der Waals surface area contributed by atoms with E-state index in [0.717, 1.165) is 43.2 Å². The summed E-state index contributed by atoms with van der Waals surface area (Å²) in [6.07, 6.45) is 6.17. The molecule has 0 atom stereocenters. The van der Waals surface area contributed by atoms with E-state index in [1.165, 1.54) is 11.1 Å². The fraction of sp³-hybridized carbons (Fsp3) is 0.591. The van der Waals surface area contributed by atoms with Crippen molar-refractivity contribution in [3.05, 3.63) is 40.1 Å². The van der Waals surface area contributed by atoms with E-state index >= 15 is 0 Å². The second kappa shape index (κ2) is 6.41. The number of methoxy groups -OCH3 is 1. The Morgan fingerprint density at radius 2 is 1.92 bits per heavy atom. The van der Waals surface area contributed by atoms with Crippen LogP contribution in [0, 0.1) is 6.92 Å². The normalized spacial score (nSPS) is 28.7. The molecule has 3 aliphatic rings. The first-order valence-electron chi connectivity index (χ1n) is 9.82. The van der Waals surface area contributed by atoms with Crippen molar-refractivity contribution >= 4 is 11.5 Å². The van der Waals surface area contributed by atoms with Crippen LogP contribution >= 0.6 is 0 Å². The summed E-state index contributed by atoms with van der Waals surface area (Å²) in [5, 5.41) is 11.2. The SMILES string of the molecule is CCc1cc(C)cc(C2CC2)c1C1=C(O)[C@]2(CC[C@H](OC)CC2)OC1=O. The van der Waals surface area contributed by atoms with Crippen molar-refractivity contribution in [2.24, 2.45) is 0 Å². The summed E-state index contributed by atoms with van der Waals surface area (Å²) in [5.74, 6) is 0.292. The lowest BCUT2D eigenvalue weighted by Gasteiger charge is -2.35. The molecule has 0 saturated heterocycles. The van der Waals surface area contributed by atoms with Gasteiger partial charge in [-0.1, -0.05) is 24.6 Å². The lowest BCUT2D eigenvalue weighted by molar-refractivity contribution is -0.151. The lowest BCUT2D eigenvalue weighted by Crippen LogP contribution is -2.38. The summed E-state index contributed by atoms with van der Waals surface area (Å²) in [6.45, 7) is 4.20. The van der Waals surface area contributed by atoms with Gasteiger partial charge in [0.15, 0.2) is 11.4 Å².